The van der Waals surface area contributed by atoms with Crippen molar-refractivity contribution in [3.8, 4) is 0 Å². The van der Waals surface area contributed by atoms with Crippen molar-refractivity contribution < 1.29 is 17.9 Å². The number of carbonyl (C=O) groups excluding carboxylic acids is 1. The molecule has 2 aromatic carbocycles. The molecule has 2 fully saturated rings. The highest BCUT2D eigenvalue weighted by atomic mass is 35.5. The summed E-state index contributed by atoms with van der Waals surface area (Å²) in [7, 11) is -3.45. The summed E-state index contributed by atoms with van der Waals surface area (Å²) in [5.74, 6) is 0.0175. The lowest BCUT2D eigenvalue weighted by Gasteiger charge is -2.54. The number of sulfonamides is 1. The molecule has 1 atom stereocenters. The van der Waals surface area contributed by atoms with Crippen LogP contribution in [-0.4, -0.2) is 79.1 Å². The van der Waals surface area contributed by atoms with Crippen LogP contribution in [0.4, 0.5) is 0 Å². The fraction of sp³-hybridized carbons (Fsp3) is 0.483. The van der Waals surface area contributed by atoms with Crippen LogP contribution in [-0.2, 0) is 32.5 Å². The number of morpholine rings is 1. The second kappa shape index (κ2) is 11.8. The fourth-order valence-electron chi connectivity index (χ4n) is 5.34. The Morgan fingerprint density at radius 2 is 1.68 bits per heavy atom. The van der Waals surface area contributed by atoms with Gasteiger partial charge in [-0.2, -0.15) is 4.31 Å². The molecule has 1 amide bonds. The van der Waals surface area contributed by atoms with E-state index in [1.54, 1.807) is 0 Å². The van der Waals surface area contributed by atoms with Gasteiger partial charge in [0.25, 0.3) is 0 Å². The predicted molar refractivity (Wildman–Crippen MR) is 152 cm³/mol. The van der Waals surface area contributed by atoms with Crippen molar-refractivity contribution in [3.63, 3.8) is 0 Å². The minimum Gasteiger partial charge on any atom is -0.379 e. The van der Waals surface area contributed by atoms with Gasteiger partial charge in [0.1, 0.15) is 0 Å². The van der Waals surface area contributed by atoms with Crippen molar-refractivity contribution >= 4 is 27.5 Å². The molecule has 0 aromatic heterocycles. The number of hydrogen-bond acceptors (Lipinski definition) is 5. The van der Waals surface area contributed by atoms with E-state index >= 15 is 0 Å². The Hall–Kier alpha value is -2.39. The highest BCUT2D eigenvalue weighted by Crippen LogP contribution is 2.39. The van der Waals surface area contributed by atoms with E-state index in [1.807, 2.05) is 54.8 Å². The van der Waals surface area contributed by atoms with Gasteiger partial charge < -0.3 is 14.5 Å². The number of carbonyl (C=O) groups is 1. The number of aryl methyl sites for hydroxylation is 2. The lowest BCUT2D eigenvalue weighted by atomic mass is 9.82. The van der Waals surface area contributed by atoms with Gasteiger partial charge >= 0.3 is 0 Å². The molecule has 2 heterocycles. The van der Waals surface area contributed by atoms with E-state index in [9.17, 15) is 13.2 Å². The van der Waals surface area contributed by atoms with E-state index in [1.165, 1.54) is 4.31 Å². The molecule has 0 saturated carbocycles. The Balaban J connectivity index is 1.51. The van der Waals surface area contributed by atoms with E-state index in [-0.39, 0.29) is 18.2 Å². The van der Waals surface area contributed by atoms with Crippen LogP contribution in [0.15, 0.2) is 54.7 Å². The molecule has 7 nitrogen and oxygen atoms in total. The second-order valence-corrected chi connectivity index (χ2v) is 13.1. The summed E-state index contributed by atoms with van der Waals surface area (Å²) in [6.45, 7) is 13.5. The maximum Gasteiger partial charge on any atom is 0.227 e. The third-order valence-electron chi connectivity index (χ3n) is 7.63. The molecule has 38 heavy (non-hydrogen) atoms. The summed E-state index contributed by atoms with van der Waals surface area (Å²) in [5, 5.41) is 0.642. The van der Waals surface area contributed by atoms with Crippen LogP contribution >= 0.6 is 11.6 Å². The van der Waals surface area contributed by atoms with Gasteiger partial charge in [-0.3, -0.25) is 4.79 Å². The highest BCUT2D eigenvalue weighted by molar-refractivity contribution is 7.89. The first-order valence-corrected chi connectivity index (χ1v) is 15.1. The van der Waals surface area contributed by atoms with Crippen molar-refractivity contribution in [1.82, 2.24) is 14.1 Å². The van der Waals surface area contributed by atoms with Gasteiger partial charge in [0.15, 0.2) is 0 Å². The molecule has 2 saturated heterocycles. The Morgan fingerprint density at radius 3 is 2.26 bits per heavy atom. The summed E-state index contributed by atoms with van der Waals surface area (Å²) in [4.78, 5) is 17.3. The predicted octanol–water partition coefficient (Wildman–Crippen LogP) is 4.17. The van der Waals surface area contributed by atoms with E-state index < -0.39 is 15.6 Å². The zero-order valence-corrected chi connectivity index (χ0v) is 24.2. The van der Waals surface area contributed by atoms with Gasteiger partial charge in [0.2, 0.25) is 15.9 Å². The number of ether oxygens (including phenoxy) is 1. The number of halogens is 1. The second-order valence-electron chi connectivity index (χ2n) is 10.6. The van der Waals surface area contributed by atoms with Crippen LogP contribution in [0.5, 0.6) is 0 Å². The third-order valence-corrected chi connectivity index (χ3v) is 9.73. The Bertz CT molecular complexity index is 1250. The molecular weight excluding hydrogens is 522 g/mol. The molecule has 4 rings (SSSR count). The molecule has 0 bridgehead atoms. The number of amides is 1. The molecular formula is C29H38ClN3O4S. The van der Waals surface area contributed by atoms with Crippen LogP contribution in [0.25, 0.3) is 0 Å². The first-order valence-electron chi connectivity index (χ1n) is 13.1. The highest BCUT2D eigenvalue weighted by Gasteiger charge is 2.47. The SMILES string of the molecule is C=C(N(CCS(=O)(=O)N1CCOCC1)Cc1ccc(Cl)cc1)C1(C)CCN1C(=O)Cc1cc(C)cc(C)c1. The molecule has 0 spiro atoms. The molecule has 9 heteroatoms. The Kier molecular flexibility index (Phi) is 8.87. The number of rotatable bonds is 10. The Labute approximate surface area is 232 Å². The zero-order chi connectivity index (χ0) is 27.5. The monoisotopic (exact) mass is 559 g/mol. The summed E-state index contributed by atoms with van der Waals surface area (Å²) in [6, 6.07) is 13.7. The quantitative estimate of drug-likeness (QED) is 0.437. The summed E-state index contributed by atoms with van der Waals surface area (Å²) >= 11 is 6.09. The summed E-state index contributed by atoms with van der Waals surface area (Å²) in [6.07, 6.45) is 1.10. The van der Waals surface area contributed by atoms with E-state index in [4.69, 9.17) is 16.3 Å². The normalized spacial score (nSPS) is 20.2. The maximum absolute atomic E-state index is 13.4. The number of benzene rings is 2. The van der Waals surface area contributed by atoms with Gasteiger partial charge in [0.05, 0.1) is 30.9 Å². The van der Waals surface area contributed by atoms with Gasteiger partial charge in [-0.25, -0.2) is 8.42 Å². The summed E-state index contributed by atoms with van der Waals surface area (Å²) in [5.41, 5.74) is 4.45. The van der Waals surface area contributed by atoms with Crippen LogP contribution < -0.4 is 0 Å². The molecule has 2 aliphatic heterocycles. The summed E-state index contributed by atoms with van der Waals surface area (Å²) < 4.78 is 33.0. The first kappa shape index (κ1) is 28.6. The van der Waals surface area contributed by atoms with Crippen molar-refractivity contribution in [2.24, 2.45) is 0 Å². The van der Waals surface area contributed by atoms with Crippen molar-refractivity contribution in [1.29, 1.82) is 0 Å². The molecule has 0 N–H and O–H groups in total. The first-order chi connectivity index (χ1) is 18.0. The number of hydrogen-bond donors (Lipinski definition) is 0. The van der Waals surface area contributed by atoms with Crippen LogP contribution in [0.3, 0.4) is 0 Å². The van der Waals surface area contributed by atoms with E-state index in [2.05, 4.69) is 24.8 Å². The minimum absolute atomic E-state index is 0.0355. The molecule has 2 aromatic rings. The smallest absolute Gasteiger partial charge is 0.227 e. The molecule has 206 valence electrons. The largest absolute Gasteiger partial charge is 0.379 e. The van der Waals surface area contributed by atoms with E-state index in [0.717, 1.165) is 34.4 Å². The third kappa shape index (κ3) is 6.60. The molecule has 0 radical (unpaired) electrons. The number of nitrogens with zero attached hydrogens (tertiary/aromatic N) is 3. The van der Waals surface area contributed by atoms with Crippen LogP contribution in [0, 0.1) is 13.8 Å². The zero-order valence-electron chi connectivity index (χ0n) is 22.6. The van der Waals surface area contributed by atoms with Crippen LogP contribution in [0.1, 0.15) is 35.6 Å². The van der Waals surface area contributed by atoms with E-state index in [0.29, 0.717) is 50.8 Å². The average molecular weight is 560 g/mol. The average Bonchev–Trinajstić information content (AvgIpc) is 2.86. The van der Waals surface area contributed by atoms with Gasteiger partial charge in [-0.05, 0) is 50.5 Å². The molecule has 1 unspecified atom stereocenters. The van der Waals surface area contributed by atoms with Gasteiger partial charge in [0, 0.05) is 43.4 Å². The topological polar surface area (TPSA) is 70.2 Å². The lowest BCUT2D eigenvalue weighted by Crippen LogP contribution is -2.63. The minimum atomic E-state index is -3.45. The Morgan fingerprint density at radius 1 is 1.05 bits per heavy atom. The van der Waals surface area contributed by atoms with Crippen molar-refractivity contribution in [2.75, 3.05) is 45.1 Å². The van der Waals surface area contributed by atoms with Gasteiger partial charge in [-0.1, -0.05) is 59.6 Å². The van der Waals surface area contributed by atoms with Gasteiger partial charge in [-0.15, -0.1) is 0 Å². The standard InChI is InChI=1S/C29H38ClN3O4S/c1-22-17-23(2)19-26(18-22)20-28(34)33-10-9-29(33,4)24(3)31(21-25-5-7-27(30)8-6-25)13-16-38(35,36)32-11-14-37-15-12-32/h5-8,17-19H,3,9-16,20-21H2,1-2,4H3. The maximum atomic E-state index is 13.4. The molecule has 2 aliphatic rings. The van der Waals surface area contributed by atoms with Crippen LogP contribution in [0.2, 0.25) is 5.02 Å². The van der Waals surface area contributed by atoms with Crippen molar-refractivity contribution in [2.45, 2.75) is 45.7 Å². The fourth-order valence-corrected chi connectivity index (χ4v) is 6.88. The lowest BCUT2D eigenvalue weighted by molar-refractivity contribution is -0.143. The number of likely N-dealkylation sites (tertiary alicyclic amines) is 1. The van der Waals surface area contributed by atoms with Crippen molar-refractivity contribution in [3.05, 3.63) is 82.0 Å². The molecule has 0 aliphatic carbocycles.